The van der Waals surface area contributed by atoms with Crippen LogP contribution in [0.15, 0.2) is 90.3 Å². The van der Waals surface area contributed by atoms with Crippen LogP contribution in [0.5, 0.6) is 0 Å². The average molecular weight is 471 g/mol. The summed E-state index contributed by atoms with van der Waals surface area (Å²) in [6, 6.07) is 21.9. The summed E-state index contributed by atoms with van der Waals surface area (Å²) in [5, 5.41) is 12.3. The molecule has 1 aromatic heterocycles. The Hall–Kier alpha value is -3.83. The van der Waals surface area contributed by atoms with Gasteiger partial charge in [0.1, 0.15) is 0 Å². The fourth-order valence-corrected chi connectivity index (χ4v) is 4.71. The minimum absolute atomic E-state index is 0.113. The molecule has 0 fully saturated rings. The van der Waals surface area contributed by atoms with Crippen LogP contribution in [-0.2, 0) is 16.0 Å². The molecule has 0 spiro atoms. The number of halogens is 1. The second kappa shape index (κ2) is 8.84. The lowest BCUT2D eigenvalue weighted by Crippen LogP contribution is -2.31. The molecule has 1 amide bonds. The molecule has 4 aromatic rings. The number of para-hydroxylation sites is 1. The summed E-state index contributed by atoms with van der Waals surface area (Å²) in [7, 11) is 0. The van der Waals surface area contributed by atoms with Crippen LogP contribution in [0.3, 0.4) is 0 Å². The number of H-pyrrole nitrogens is 1. The number of hydrogen-bond donors (Lipinski definition) is 2. The van der Waals surface area contributed by atoms with Gasteiger partial charge in [-0.2, -0.15) is 0 Å². The van der Waals surface area contributed by atoms with E-state index in [0.717, 1.165) is 27.6 Å². The van der Waals surface area contributed by atoms with Gasteiger partial charge in [-0.05, 0) is 42.7 Å². The number of aromatic amines is 1. The number of nitrogens with one attached hydrogen (secondary N) is 1. The Morgan fingerprint density at radius 2 is 1.79 bits per heavy atom. The first kappa shape index (κ1) is 22.0. The third-order valence-electron chi connectivity index (χ3n) is 6.34. The van der Waals surface area contributed by atoms with Crippen LogP contribution >= 0.6 is 11.6 Å². The topological polar surface area (TPSA) is 73.4 Å². The Bertz CT molecular complexity index is 1440. The lowest BCUT2D eigenvalue weighted by atomic mass is 9.92. The van der Waals surface area contributed by atoms with Crippen molar-refractivity contribution < 1.29 is 14.7 Å². The van der Waals surface area contributed by atoms with Crippen molar-refractivity contribution in [2.24, 2.45) is 0 Å². The fourth-order valence-electron chi connectivity index (χ4n) is 4.54. The number of Topliss-reactive ketones (excluding diaryl/α,β-unsaturated/α-hetero) is 1. The third kappa shape index (κ3) is 3.78. The number of aliphatic hydroxyl groups excluding tert-OH is 1. The second-order valence-corrected chi connectivity index (χ2v) is 8.88. The standard InChI is InChI=1S/C28H23ClN2O3/c1-17-11-13-19(15-22(17)29)31-26(21-16-30-23-10-6-5-9-20(21)23)25(27(33)28(31)34)24(32)14-12-18-7-3-2-4-8-18/h2-11,13,15-16,26,30,33H,12,14H2,1H3. The van der Waals surface area contributed by atoms with Crippen LogP contribution in [-0.4, -0.2) is 21.8 Å². The highest BCUT2D eigenvalue weighted by Crippen LogP contribution is 2.44. The van der Waals surface area contributed by atoms with E-state index in [1.807, 2.05) is 67.6 Å². The first-order chi connectivity index (χ1) is 16.5. The van der Waals surface area contributed by atoms with Gasteiger partial charge in [-0.25, -0.2) is 0 Å². The monoisotopic (exact) mass is 470 g/mol. The van der Waals surface area contributed by atoms with Gasteiger partial charge in [-0.15, -0.1) is 0 Å². The summed E-state index contributed by atoms with van der Waals surface area (Å²) in [6.45, 7) is 1.88. The van der Waals surface area contributed by atoms with Gasteiger partial charge < -0.3 is 10.1 Å². The molecular formula is C28H23ClN2O3. The number of aromatic nitrogens is 1. The number of fused-ring (bicyclic) bond motifs is 1. The van der Waals surface area contributed by atoms with Crippen LogP contribution in [0.4, 0.5) is 5.69 Å². The van der Waals surface area contributed by atoms with Crippen molar-refractivity contribution in [2.45, 2.75) is 25.8 Å². The van der Waals surface area contributed by atoms with Gasteiger partial charge in [-0.3, -0.25) is 14.5 Å². The van der Waals surface area contributed by atoms with E-state index in [4.69, 9.17) is 11.6 Å². The van der Waals surface area contributed by atoms with Crippen LogP contribution in [0.2, 0.25) is 5.02 Å². The SMILES string of the molecule is Cc1ccc(N2C(=O)C(O)=C(C(=O)CCc3ccccc3)C2c2c[nH]c3ccccc23)cc1Cl. The molecule has 0 saturated heterocycles. The summed E-state index contributed by atoms with van der Waals surface area (Å²) >= 11 is 6.37. The number of carbonyl (C=O) groups is 2. The molecule has 1 aliphatic heterocycles. The molecule has 5 rings (SSSR count). The Labute approximate surface area is 202 Å². The Balaban J connectivity index is 1.60. The van der Waals surface area contributed by atoms with E-state index in [-0.39, 0.29) is 17.8 Å². The number of rotatable bonds is 6. The molecule has 34 heavy (non-hydrogen) atoms. The van der Waals surface area contributed by atoms with Gasteiger partial charge >= 0.3 is 0 Å². The number of amides is 1. The first-order valence-electron chi connectivity index (χ1n) is 11.1. The van der Waals surface area contributed by atoms with Gasteiger partial charge in [0.15, 0.2) is 11.5 Å². The molecule has 5 nitrogen and oxygen atoms in total. The summed E-state index contributed by atoms with van der Waals surface area (Å²) in [5.41, 5.74) is 4.15. The first-order valence-corrected chi connectivity index (χ1v) is 11.5. The molecule has 0 saturated carbocycles. The van der Waals surface area contributed by atoms with E-state index in [9.17, 15) is 14.7 Å². The highest BCUT2D eigenvalue weighted by Gasteiger charge is 2.45. The van der Waals surface area contributed by atoms with Crippen LogP contribution in [0.25, 0.3) is 10.9 Å². The Kier molecular flexibility index (Phi) is 5.72. The highest BCUT2D eigenvalue weighted by atomic mass is 35.5. The number of benzene rings is 3. The third-order valence-corrected chi connectivity index (χ3v) is 6.75. The largest absolute Gasteiger partial charge is 0.503 e. The van der Waals surface area contributed by atoms with Crippen molar-refractivity contribution in [2.75, 3.05) is 4.90 Å². The highest BCUT2D eigenvalue weighted by molar-refractivity contribution is 6.31. The molecule has 1 unspecified atom stereocenters. The average Bonchev–Trinajstić information content (AvgIpc) is 3.39. The minimum atomic E-state index is -0.773. The summed E-state index contributed by atoms with van der Waals surface area (Å²) in [5.74, 6) is -1.38. The fraction of sp³-hybridized carbons (Fsp3) is 0.143. The van der Waals surface area contributed by atoms with Crippen molar-refractivity contribution in [3.63, 3.8) is 0 Å². The molecule has 170 valence electrons. The Morgan fingerprint density at radius 1 is 1.06 bits per heavy atom. The van der Waals surface area contributed by atoms with Crippen LogP contribution in [0.1, 0.15) is 29.2 Å². The van der Waals surface area contributed by atoms with Gasteiger partial charge in [0.25, 0.3) is 5.91 Å². The number of nitrogens with zero attached hydrogens (tertiary/aromatic N) is 1. The van der Waals surface area contributed by atoms with Gasteiger partial charge in [0, 0.05) is 39.8 Å². The number of aryl methyl sites for hydroxylation is 2. The van der Waals surface area contributed by atoms with E-state index in [1.54, 1.807) is 18.3 Å². The molecule has 0 radical (unpaired) electrons. The van der Waals surface area contributed by atoms with Crippen molar-refractivity contribution >= 4 is 39.9 Å². The smallest absolute Gasteiger partial charge is 0.294 e. The zero-order chi connectivity index (χ0) is 23.8. The molecule has 1 aliphatic rings. The van der Waals surface area contributed by atoms with Crippen LogP contribution < -0.4 is 4.90 Å². The molecule has 6 heteroatoms. The van der Waals surface area contributed by atoms with E-state index >= 15 is 0 Å². The number of hydrogen-bond acceptors (Lipinski definition) is 3. The van der Waals surface area contributed by atoms with Gasteiger partial charge in [0.05, 0.1) is 11.6 Å². The summed E-state index contributed by atoms with van der Waals surface area (Å²) in [4.78, 5) is 31.5. The lowest BCUT2D eigenvalue weighted by Gasteiger charge is -2.27. The van der Waals surface area contributed by atoms with Gasteiger partial charge in [0.2, 0.25) is 0 Å². The predicted octanol–water partition coefficient (Wildman–Crippen LogP) is 6.23. The number of aliphatic hydroxyl groups is 1. The van der Waals surface area contributed by atoms with E-state index in [1.165, 1.54) is 4.90 Å². The lowest BCUT2D eigenvalue weighted by molar-refractivity contribution is -0.118. The molecule has 1 atom stereocenters. The summed E-state index contributed by atoms with van der Waals surface area (Å²) < 4.78 is 0. The number of ketones is 1. The van der Waals surface area contributed by atoms with Crippen molar-refractivity contribution in [3.8, 4) is 0 Å². The second-order valence-electron chi connectivity index (χ2n) is 8.47. The van der Waals surface area contributed by atoms with Crippen molar-refractivity contribution in [1.29, 1.82) is 0 Å². The van der Waals surface area contributed by atoms with Gasteiger partial charge in [-0.1, -0.05) is 66.2 Å². The maximum absolute atomic E-state index is 13.5. The Morgan fingerprint density at radius 3 is 2.56 bits per heavy atom. The molecule has 2 N–H and O–H groups in total. The molecule has 2 heterocycles. The number of anilines is 1. The van der Waals surface area contributed by atoms with E-state index in [2.05, 4.69) is 4.98 Å². The van der Waals surface area contributed by atoms with E-state index < -0.39 is 17.7 Å². The maximum Gasteiger partial charge on any atom is 0.294 e. The molecule has 3 aromatic carbocycles. The summed E-state index contributed by atoms with van der Waals surface area (Å²) in [6.07, 6.45) is 2.49. The minimum Gasteiger partial charge on any atom is -0.503 e. The molecule has 0 bridgehead atoms. The zero-order valence-corrected chi connectivity index (χ0v) is 19.3. The molecular weight excluding hydrogens is 448 g/mol. The molecule has 0 aliphatic carbocycles. The number of carbonyl (C=O) groups excluding carboxylic acids is 2. The van der Waals surface area contributed by atoms with Crippen molar-refractivity contribution in [1.82, 2.24) is 4.98 Å². The van der Waals surface area contributed by atoms with Crippen LogP contribution in [0, 0.1) is 6.92 Å². The van der Waals surface area contributed by atoms with E-state index in [0.29, 0.717) is 17.1 Å². The predicted molar refractivity (Wildman–Crippen MR) is 134 cm³/mol. The maximum atomic E-state index is 13.5. The zero-order valence-electron chi connectivity index (χ0n) is 18.6. The quantitative estimate of drug-likeness (QED) is 0.350. The van der Waals surface area contributed by atoms with Crippen molar-refractivity contribution in [3.05, 3.63) is 112 Å². The normalized spacial score (nSPS) is 16.0.